The minimum absolute atomic E-state index is 0.134. The lowest BCUT2D eigenvalue weighted by Crippen LogP contribution is -2.42. The summed E-state index contributed by atoms with van der Waals surface area (Å²) in [4.78, 5) is 22.6. The highest BCUT2D eigenvalue weighted by Gasteiger charge is 2.28. The van der Waals surface area contributed by atoms with E-state index in [0.29, 0.717) is 32.0 Å². The first-order chi connectivity index (χ1) is 9.83. The Balaban J connectivity index is 1.58. The van der Waals surface area contributed by atoms with E-state index in [1.807, 2.05) is 4.90 Å². The number of carbonyl (C=O) groups excluding carboxylic acids is 1. The van der Waals surface area contributed by atoms with Gasteiger partial charge in [-0.25, -0.2) is 0 Å². The highest BCUT2D eigenvalue weighted by atomic mass is 16.5. The van der Waals surface area contributed by atoms with Crippen molar-refractivity contribution >= 4 is 5.91 Å². The molecule has 1 aliphatic carbocycles. The number of carbonyl (C=O) groups is 1. The van der Waals surface area contributed by atoms with E-state index in [4.69, 9.17) is 4.74 Å². The second kappa shape index (κ2) is 6.31. The summed E-state index contributed by atoms with van der Waals surface area (Å²) in [5.41, 5.74) is 0.811. The third kappa shape index (κ3) is 3.15. The highest BCUT2D eigenvalue weighted by molar-refractivity contribution is 5.76. The monoisotopic (exact) mass is 275 g/mol. The molecule has 5 heteroatoms. The van der Waals surface area contributed by atoms with Crippen LogP contribution in [0.3, 0.4) is 0 Å². The van der Waals surface area contributed by atoms with Crippen molar-refractivity contribution in [3.8, 4) is 0 Å². The normalized spacial score (nSPS) is 24.0. The highest BCUT2D eigenvalue weighted by Crippen LogP contribution is 2.29. The van der Waals surface area contributed by atoms with Crippen LogP contribution in [0.25, 0.3) is 0 Å². The molecule has 1 aliphatic heterocycles. The van der Waals surface area contributed by atoms with Gasteiger partial charge < -0.3 is 9.64 Å². The largest absolute Gasteiger partial charge is 0.368 e. The molecule has 1 aromatic rings. The fourth-order valence-electron chi connectivity index (χ4n) is 3.12. The van der Waals surface area contributed by atoms with E-state index in [0.717, 1.165) is 5.69 Å². The van der Waals surface area contributed by atoms with Crippen molar-refractivity contribution in [3.05, 3.63) is 24.3 Å². The van der Waals surface area contributed by atoms with E-state index >= 15 is 0 Å². The fourth-order valence-corrected chi connectivity index (χ4v) is 3.12. The molecule has 0 N–H and O–H groups in total. The number of hydrogen-bond donors (Lipinski definition) is 0. The summed E-state index contributed by atoms with van der Waals surface area (Å²) >= 11 is 0. The molecule has 2 fully saturated rings. The van der Waals surface area contributed by atoms with E-state index in [1.54, 1.807) is 18.6 Å². The van der Waals surface area contributed by atoms with E-state index in [2.05, 4.69) is 9.97 Å². The number of morpholine rings is 1. The molecule has 0 radical (unpaired) electrons. The molecule has 20 heavy (non-hydrogen) atoms. The molecular formula is C15H21N3O2. The number of nitrogens with zero attached hydrogens (tertiary/aromatic N) is 3. The molecular weight excluding hydrogens is 254 g/mol. The number of hydrogen-bond acceptors (Lipinski definition) is 4. The number of amides is 1. The van der Waals surface area contributed by atoms with E-state index < -0.39 is 0 Å². The first-order valence-corrected chi connectivity index (χ1v) is 7.48. The minimum atomic E-state index is -0.134. The van der Waals surface area contributed by atoms with Gasteiger partial charge in [0.05, 0.1) is 25.0 Å². The maximum atomic E-state index is 12.4. The van der Waals surface area contributed by atoms with Crippen molar-refractivity contribution in [1.82, 2.24) is 14.9 Å². The van der Waals surface area contributed by atoms with Crippen molar-refractivity contribution in [2.75, 3.05) is 19.7 Å². The Morgan fingerprint density at radius 2 is 2.20 bits per heavy atom. The van der Waals surface area contributed by atoms with Gasteiger partial charge in [-0.05, 0) is 18.8 Å². The first kappa shape index (κ1) is 13.5. The van der Waals surface area contributed by atoms with Gasteiger partial charge in [-0.1, -0.05) is 12.8 Å². The van der Waals surface area contributed by atoms with Crippen LogP contribution in [0, 0.1) is 5.92 Å². The van der Waals surface area contributed by atoms with E-state index in [9.17, 15) is 4.79 Å². The third-order valence-corrected chi connectivity index (χ3v) is 4.27. The molecule has 1 atom stereocenters. The zero-order chi connectivity index (χ0) is 13.8. The van der Waals surface area contributed by atoms with Crippen LogP contribution in [0.5, 0.6) is 0 Å². The Morgan fingerprint density at radius 3 is 2.95 bits per heavy atom. The van der Waals surface area contributed by atoms with Gasteiger partial charge in [0.1, 0.15) is 6.10 Å². The average Bonchev–Trinajstić information content (AvgIpc) is 3.01. The summed E-state index contributed by atoms with van der Waals surface area (Å²) in [5.74, 6) is 0.870. The van der Waals surface area contributed by atoms with Gasteiger partial charge in [0.2, 0.25) is 5.91 Å². The van der Waals surface area contributed by atoms with E-state index in [1.165, 1.54) is 25.7 Å². The predicted molar refractivity (Wildman–Crippen MR) is 73.9 cm³/mol. The van der Waals surface area contributed by atoms with Crippen molar-refractivity contribution < 1.29 is 9.53 Å². The quantitative estimate of drug-likeness (QED) is 0.846. The molecule has 3 rings (SSSR count). The van der Waals surface area contributed by atoms with Crippen LogP contribution in [-0.4, -0.2) is 40.5 Å². The molecule has 1 amide bonds. The van der Waals surface area contributed by atoms with Crippen LogP contribution in [0.4, 0.5) is 0 Å². The van der Waals surface area contributed by atoms with Gasteiger partial charge in [0.15, 0.2) is 0 Å². The second-order valence-electron chi connectivity index (χ2n) is 5.68. The molecule has 2 heterocycles. The standard InChI is InChI=1S/C15H21N3O2/c19-15(9-12-3-1-2-4-12)18-7-8-20-14(11-18)13-10-16-5-6-17-13/h5-6,10,12,14H,1-4,7-9,11H2/t14-/m0/s1. The van der Waals surface area contributed by atoms with Crippen LogP contribution < -0.4 is 0 Å². The Labute approximate surface area is 119 Å². The van der Waals surface area contributed by atoms with E-state index in [-0.39, 0.29) is 12.0 Å². The Hall–Kier alpha value is -1.49. The van der Waals surface area contributed by atoms with Crippen LogP contribution >= 0.6 is 0 Å². The molecule has 108 valence electrons. The summed E-state index contributed by atoms with van der Waals surface area (Å²) < 4.78 is 5.72. The van der Waals surface area contributed by atoms with Gasteiger partial charge >= 0.3 is 0 Å². The van der Waals surface area contributed by atoms with Crippen molar-refractivity contribution in [1.29, 1.82) is 0 Å². The topological polar surface area (TPSA) is 55.3 Å². The summed E-state index contributed by atoms with van der Waals surface area (Å²) in [5, 5.41) is 0. The van der Waals surface area contributed by atoms with Crippen molar-refractivity contribution in [2.24, 2.45) is 5.92 Å². The van der Waals surface area contributed by atoms with Gasteiger partial charge in [0, 0.05) is 25.4 Å². The zero-order valence-corrected chi connectivity index (χ0v) is 11.7. The number of rotatable bonds is 3. The fraction of sp³-hybridized carbons (Fsp3) is 0.667. The van der Waals surface area contributed by atoms with Crippen LogP contribution in [0.15, 0.2) is 18.6 Å². The first-order valence-electron chi connectivity index (χ1n) is 7.48. The lowest BCUT2D eigenvalue weighted by Gasteiger charge is -2.33. The lowest BCUT2D eigenvalue weighted by atomic mass is 10.0. The lowest BCUT2D eigenvalue weighted by molar-refractivity contribution is -0.140. The zero-order valence-electron chi connectivity index (χ0n) is 11.7. The SMILES string of the molecule is O=C(CC1CCCC1)N1CCO[C@H](c2cnccn2)C1. The van der Waals surface area contributed by atoms with Gasteiger partial charge in [-0.2, -0.15) is 0 Å². The van der Waals surface area contributed by atoms with Crippen molar-refractivity contribution in [2.45, 2.75) is 38.2 Å². The second-order valence-corrected chi connectivity index (χ2v) is 5.68. The Kier molecular flexibility index (Phi) is 4.25. The maximum Gasteiger partial charge on any atom is 0.223 e. The summed E-state index contributed by atoms with van der Waals surface area (Å²) in [6.45, 7) is 1.88. The Morgan fingerprint density at radius 1 is 1.35 bits per heavy atom. The summed E-state index contributed by atoms with van der Waals surface area (Å²) in [7, 11) is 0. The van der Waals surface area contributed by atoms with Crippen LogP contribution in [0.1, 0.15) is 43.9 Å². The average molecular weight is 275 g/mol. The van der Waals surface area contributed by atoms with Gasteiger partial charge in [0.25, 0.3) is 0 Å². The van der Waals surface area contributed by atoms with Gasteiger partial charge in [-0.3, -0.25) is 14.8 Å². The third-order valence-electron chi connectivity index (χ3n) is 4.27. The smallest absolute Gasteiger partial charge is 0.223 e. The molecule has 0 spiro atoms. The summed E-state index contributed by atoms with van der Waals surface area (Å²) in [6.07, 6.45) is 10.6. The minimum Gasteiger partial charge on any atom is -0.368 e. The summed E-state index contributed by atoms with van der Waals surface area (Å²) in [6, 6.07) is 0. The molecule has 0 aromatic carbocycles. The Bertz CT molecular complexity index is 446. The molecule has 5 nitrogen and oxygen atoms in total. The van der Waals surface area contributed by atoms with Crippen LogP contribution in [0.2, 0.25) is 0 Å². The number of ether oxygens (including phenoxy) is 1. The van der Waals surface area contributed by atoms with Crippen molar-refractivity contribution in [3.63, 3.8) is 0 Å². The molecule has 1 aromatic heterocycles. The van der Waals surface area contributed by atoms with Gasteiger partial charge in [-0.15, -0.1) is 0 Å². The molecule has 1 saturated heterocycles. The molecule has 0 unspecified atom stereocenters. The predicted octanol–water partition coefficient (Wildman–Crippen LogP) is 1.96. The van der Waals surface area contributed by atoms with Crippen LogP contribution in [-0.2, 0) is 9.53 Å². The number of aromatic nitrogens is 2. The maximum absolute atomic E-state index is 12.4. The molecule has 0 bridgehead atoms. The molecule has 2 aliphatic rings. The molecule has 1 saturated carbocycles.